The summed E-state index contributed by atoms with van der Waals surface area (Å²) in [4.78, 5) is 4.44. The molecule has 0 saturated carbocycles. The van der Waals surface area contributed by atoms with E-state index in [9.17, 15) is 0 Å². The predicted molar refractivity (Wildman–Crippen MR) is 114 cm³/mol. The maximum atomic E-state index is 6.34. The highest BCUT2D eigenvalue weighted by atomic mass is 35.5. The smallest absolute Gasteiger partial charge is 0.149 e. The molecule has 2 aliphatic heterocycles. The Bertz CT molecular complexity index is 960. The molecule has 2 aliphatic rings. The fourth-order valence-corrected chi connectivity index (χ4v) is 3.62. The van der Waals surface area contributed by atoms with Crippen LogP contribution in [-0.2, 0) is 6.54 Å². The van der Waals surface area contributed by atoms with E-state index in [2.05, 4.69) is 34.6 Å². The largest absolute Gasteiger partial charge is 0.496 e. The third kappa shape index (κ3) is 3.40. The Morgan fingerprint density at radius 1 is 1.29 bits per heavy atom. The topological polar surface area (TPSA) is 45.9 Å². The average Bonchev–Trinajstić information content (AvgIpc) is 3.30. The minimum Gasteiger partial charge on any atom is -0.496 e. The number of benzene rings is 1. The van der Waals surface area contributed by atoms with E-state index >= 15 is 0 Å². The van der Waals surface area contributed by atoms with Crippen LogP contribution in [0.1, 0.15) is 20.3 Å². The molecule has 146 valence electrons. The molecule has 2 aromatic rings. The van der Waals surface area contributed by atoms with Crippen LogP contribution in [0.2, 0.25) is 5.02 Å². The Hall–Kier alpha value is -2.73. The van der Waals surface area contributed by atoms with E-state index in [1.807, 2.05) is 41.7 Å². The zero-order chi connectivity index (χ0) is 19.7. The van der Waals surface area contributed by atoms with Gasteiger partial charge in [-0.25, -0.2) is 10.0 Å². The number of aryl methyl sites for hydroxylation is 1. The highest BCUT2D eigenvalue weighted by Crippen LogP contribution is 2.40. The minimum absolute atomic E-state index is 0.584. The van der Waals surface area contributed by atoms with Crippen molar-refractivity contribution in [3.8, 4) is 17.0 Å². The SMILES string of the molecule is COc1ccc(Cl)cc1-c1c(N2CC=C3N=CC=CN32)cnn1CCC(C)C. The predicted octanol–water partition coefficient (Wildman–Crippen LogP) is 4.73. The quantitative estimate of drug-likeness (QED) is 0.706. The number of methoxy groups -OCH3 is 1. The molecular formula is C21H24ClN5O. The van der Waals surface area contributed by atoms with Gasteiger partial charge in [-0.2, -0.15) is 5.10 Å². The number of aromatic nitrogens is 2. The van der Waals surface area contributed by atoms with Crippen molar-refractivity contribution >= 4 is 23.5 Å². The van der Waals surface area contributed by atoms with Crippen LogP contribution in [0, 0.1) is 5.92 Å². The lowest BCUT2D eigenvalue weighted by Gasteiger charge is -2.30. The number of ether oxygens (including phenoxy) is 1. The third-order valence-electron chi connectivity index (χ3n) is 4.89. The van der Waals surface area contributed by atoms with Crippen LogP contribution in [0.3, 0.4) is 0 Å². The molecule has 6 nitrogen and oxygen atoms in total. The Balaban J connectivity index is 1.81. The number of halogens is 1. The lowest BCUT2D eigenvalue weighted by molar-refractivity contribution is 0.415. The molecule has 0 aliphatic carbocycles. The van der Waals surface area contributed by atoms with Gasteiger partial charge in [0.2, 0.25) is 0 Å². The monoisotopic (exact) mass is 397 g/mol. The molecular weight excluding hydrogens is 374 g/mol. The number of nitrogens with zero attached hydrogens (tertiary/aromatic N) is 5. The molecule has 3 heterocycles. The number of hydrazine groups is 1. The molecule has 4 rings (SSSR count). The van der Waals surface area contributed by atoms with Gasteiger partial charge in [-0.1, -0.05) is 25.4 Å². The van der Waals surface area contributed by atoms with Crippen molar-refractivity contribution in [1.29, 1.82) is 0 Å². The van der Waals surface area contributed by atoms with E-state index in [0.29, 0.717) is 10.9 Å². The standard InChI is InChI=1S/C21H24ClN5O/c1-15(2)7-11-25-21(17-13-16(22)5-6-19(17)28-3)18(14-24-25)26-12-8-20-23-9-4-10-27(20)26/h4-6,8-10,13-15H,7,11-12H2,1-3H3. The molecule has 7 heteroatoms. The van der Waals surface area contributed by atoms with Crippen LogP contribution in [0.4, 0.5) is 5.69 Å². The first kappa shape index (κ1) is 18.6. The molecule has 0 fully saturated rings. The van der Waals surface area contributed by atoms with Crippen LogP contribution in [-0.4, -0.2) is 34.7 Å². The van der Waals surface area contributed by atoms with E-state index in [-0.39, 0.29) is 0 Å². The maximum absolute atomic E-state index is 6.34. The van der Waals surface area contributed by atoms with Gasteiger partial charge in [-0.05, 0) is 42.7 Å². The first-order valence-electron chi connectivity index (χ1n) is 9.46. The van der Waals surface area contributed by atoms with Gasteiger partial charge in [-0.15, -0.1) is 0 Å². The van der Waals surface area contributed by atoms with E-state index in [0.717, 1.165) is 48.0 Å². The number of hydrogen-bond acceptors (Lipinski definition) is 5. The van der Waals surface area contributed by atoms with Gasteiger partial charge in [0, 0.05) is 29.5 Å². The van der Waals surface area contributed by atoms with Gasteiger partial charge >= 0.3 is 0 Å². The van der Waals surface area contributed by atoms with E-state index in [1.54, 1.807) is 13.3 Å². The van der Waals surface area contributed by atoms with Gasteiger partial charge in [0.15, 0.2) is 0 Å². The Labute approximate surface area is 170 Å². The second-order valence-electron chi connectivity index (χ2n) is 7.24. The Kier molecular flexibility index (Phi) is 5.13. The molecule has 0 atom stereocenters. The van der Waals surface area contributed by atoms with E-state index < -0.39 is 0 Å². The summed E-state index contributed by atoms with van der Waals surface area (Å²) in [7, 11) is 1.68. The van der Waals surface area contributed by atoms with Crippen LogP contribution < -0.4 is 9.75 Å². The molecule has 1 aromatic carbocycles. The summed E-state index contributed by atoms with van der Waals surface area (Å²) in [5.74, 6) is 2.28. The van der Waals surface area contributed by atoms with Gasteiger partial charge in [0.05, 0.1) is 25.5 Å². The number of rotatable bonds is 6. The fraction of sp³-hybridized carbons (Fsp3) is 0.333. The van der Waals surface area contributed by atoms with Crippen LogP contribution >= 0.6 is 11.6 Å². The Morgan fingerprint density at radius 2 is 2.14 bits per heavy atom. The number of aliphatic imine (C=N–C) groups is 1. The normalized spacial score (nSPS) is 15.4. The molecule has 0 unspecified atom stereocenters. The lowest BCUT2D eigenvalue weighted by Crippen LogP contribution is -2.34. The van der Waals surface area contributed by atoms with E-state index in [4.69, 9.17) is 21.4 Å². The first-order chi connectivity index (χ1) is 13.6. The second kappa shape index (κ2) is 7.72. The summed E-state index contributed by atoms with van der Waals surface area (Å²) in [6.45, 7) is 5.99. The first-order valence-corrected chi connectivity index (χ1v) is 9.83. The molecule has 0 N–H and O–H groups in total. The van der Waals surface area contributed by atoms with Crippen LogP contribution in [0.5, 0.6) is 5.75 Å². The van der Waals surface area contributed by atoms with Crippen LogP contribution in [0.15, 0.2) is 53.6 Å². The second-order valence-corrected chi connectivity index (χ2v) is 7.67. The number of hydrogen-bond donors (Lipinski definition) is 0. The average molecular weight is 398 g/mol. The minimum atomic E-state index is 0.584. The van der Waals surface area contributed by atoms with Crippen molar-refractivity contribution in [3.05, 3.63) is 53.6 Å². The molecule has 0 radical (unpaired) electrons. The van der Waals surface area contributed by atoms with Gasteiger partial charge in [0.25, 0.3) is 0 Å². The molecule has 28 heavy (non-hydrogen) atoms. The van der Waals surface area contributed by atoms with Gasteiger partial charge < -0.3 is 4.74 Å². The highest BCUT2D eigenvalue weighted by molar-refractivity contribution is 6.31. The summed E-state index contributed by atoms with van der Waals surface area (Å²) in [5, 5.41) is 9.59. The van der Waals surface area contributed by atoms with Crippen molar-refractivity contribution in [2.24, 2.45) is 10.9 Å². The lowest BCUT2D eigenvalue weighted by atomic mass is 10.1. The molecule has 1 aromatic heterocycles. The summed E-state index contributed by atoms with van der Waals surface area (Å²) in [6, 6.07) is 5.69. The van der Waals surface area contributed by atoms with Crippen LogP contribution in [0.25, 0.3) is 11.3 Å². The summed E-state index contributed by atoms with van der Waals surface area (Å²) in [5.41, 5.74) is 2.93. The third-order valence-corrected chi connectivity index (χ3v) is 5.13. The van der Waals surface area contributed by atoms with Gasteiger partial charge in [0.1, 0.15) is 17.3 Å². The molecule has 0 saturated heterocycles. The zero-order valence-corrected chi connectivity index (χ0v) is 17.1. The zero-order valence-electron chi connectivity index (χ0n) is 16.3. The summed E-state index contributed by atoms with van der Waals surface area (Å²) >= 11 is 6.34. The number of fused-ring (bicyclic) bond motifs is 1. The highest BCUT2D eigenvalue weighted by Gasteiger charge is 2.29. The maximum Gasteiger partial charge on any atom is 0.149 e. The number of anilines is 1. The van der Waals surface area contributed by atoms with Crippen molar-refractivity contribution in [1.82, 2.24) is 14.8 Å². The fourth-order valence-electron chi connectivity index (χ4n) is 3.45. The van der Waals surface area contributed by atoms with Crippen molar-refractivity contribution in [2.45, 2.75) is 26.8 Å². The van der Waals surface area contributed by atoms with Crippen molar-refractivity contribution in [3.63, 3.8) is 0 Å². The molecule has 0 bridgehead atoms. The van der Waals surface area contributed by atoms with Crippen molar-refractivity contribution < 1.29 is 4.74 Å². The van der Waals surface area contributed by atoms with Gasteiger partial charge in [-0.3, -0.25) is 9.69 Å². The van der Waals surface area contributed by atoms with E-state index in [1.165, 1.54) is 0 Å². The van der Waals surface area contributed by atoms with Crippen molar-refractivity contribution in [2.75, 3.05) is 18.7 Å². The molecule has 0 amide bonds. The Morgan fingerprint density at radius 3 is 2.93 bits per heavy atom. The summed E-state index contributed by atoms with van der Waals surface area (Å²) in [6.07, 6.45) is 10.8. The summed E-state index contributed by atoms with van der Waals surface area (Å²) < 4.78 is 7.70. The number of allylic oxidation sites excluding steroid dienone is 1. The molecule has 0 spiro atoms.